The average Bonchev–Trinajstić information content (AvgIpc) is 3.10. The fraction of sp³-hybridized carbons (Fsp3) is 0.222. The average molecular weight is 345 g/mol. The van der Waals surface area contributed by atoms with Gasteiger partial charge in [0.15, 0.2) is 0 Å². The Morgan fingerprint density at radius 3 is 2.79 bits per heavy atom. The van der Waals surface area contributed by atoms with Crippen LogP contribution in [0.15, 0.2) is 47.2 Å². The minimum atomic E-state index is -0.654. The number of nitrogens with zero attached hydrogens (tertiary/aromatic N) is 1. The van der Waals surface area contributed by atoms with Gasteiger partial charge in [-0.3, -0.25) is 9.78 Å². The van der Waals surface area contributed by atoms with Crippen molar-refractivity contribution in [3.8, 4) is 5.75 Å². The molecule has 0 bridgehead atoms. The van der Waals surface area contributed by atoms with Crippen molar-refractivity contribution in [1.82, 2.24) is 10.3 Å². The molecule has 0 unspecified atom stereocenters. The van der Waals surface area contributed by atoms with Crippen molar-refractivity contribution in [3.05, 3.63) is 59.1 Å². The molecular weight excluding hydrogens is 328 g/mol. The van der Waals surface area contributed by atoms with Crippen molar-refractivity contribution in [1.29, 1.82) is 0 Å². The molecule has 124 valence electrons. The second-order valence-corrected chi connectivity index (χ2v) is 6.21. The number of aromatic hydroxyl groups is 1. The van der Waals surface area contributed by atoms with E-state index in [1.165, 1.54) is 6.26 Å². The summed E-state index contributed by atoms with van der Waals surface area (Å²) < 4.78 is 5.45. The molecule has 0 saturated carbocycles. The van der Waals surface area contributed by atoms with Crippen LogP contribution in [-0.2, 0) is 4.79 Å². The van der Waals surface area contributed by atoms with Gasteiger partial charge in [0.1, 0.15) is 23.1 Å². The van der Waals surface area contributed by atoms with Crippen LogP contribution in [0.25, 0.3) is 10.9 Å². The van der Waals surface area contributed by atoms with Crippen LogP contribution < -0.4 is 5.32 Å². The first kappa shape index (κ1) is 16.3. The van der Waals surface area contributed by atoms with E-state index in [4.69, 9.17) is 16.0 Å². The van der Waals surface area contributed by atoms with Gasteiger partial charge in [-0.2, -0.15) is 0 Å². The molecule has 0 saturated heterocycles. The number of phenolic OH excluding ortho intramolecular Hbond substituents is 1. The molecule has 0 aliphatic carbocycles. The summed E-state index contributed by atoms with van der Waals surface area (Å²) in [6.45, 7) is 3.59. The molecule has 0 aliphatic heterocycles. The van der Waals surface area contributed by atoms with E-state index < -0.39 is 6.04 Å². The Labute approximate surface area is 144 Å². The minimum absolute atomic E-state index is 0.0274. The number of amides is 1. The highest BCUT2D eigenvalue weighted by atomic mass is 35.5. The molecule has 2 aromatic heterocycles. The smallest absolute Gasteiger partial charge is 0.223 e. The molecule has 1 amide bonds. The fourth-order valence-electron chi connectivity index (χ4n) is 2.49. The van der Waals surface area contributed by atoms with Gasteiger partial charge >= 0.3 is 0 Å². The highest BCUT2D eigenvalue weighted by Crippen LogP contribution is 2.38. The van der Waals surface area contributed by atoms with Crippen molar-refractivity contribution >= 4 is 28.4 Å². The number of aromatic nitrogens is 1. The summed E-state index contributed by atoms with van der Waals surface area (Å²) in [7, 11) is 0. The summed E-state index contributed by atoms with van der Waals surface area (Å²) in [5, 5.41) is 14.7. The van der Waals surface area contributed by atoms with Crippen LogP contribution in [0.2, 0.25) is 5.02 Å². The molecular formula is C18H17ClN2O3. The summed E-state index contributed by atoms with van der Waals surface area (Å²) >= 11 is 6.34. The Morgan fingerprint density at radius 2 is 2.12 bits per heavy atom. The molecule has 24 heavy (non-hydrogen) atoms. The molecule has 0 fully saturated rings. The number of nitrogens with one attached hydrogen (secondary N) is 1. The first-order valence-corrected chi connectivity index (χ1v) is 7.96. The monoisotopic (exact) mass is 344 g/mol. The van der Waals surface area contributed by atoms with E-state index in [1.54, 1.807) is 50.4 Å². The number of fused-ring (bicyclic) bond motifs is 1. The standard InChI is InChI=1S/C18H17ClN2O3/c1-10(2)18(23)21-15(14-6-4-8-24-14)12-9-13(19)11-5-3-7-20-16(11)17(12)22/h3-10,15,22H,1-2H3,(H,21,23)/t15-/m1/s1. The molecule has 0 aliphatic rings. The van der Waals surface area contributed by atoms with Gasteiger partial charge in [-0.05, 0) is 30.3 Å². The third-order valence-corrected chi connectivity index (χ3v) is 4.11. The summed E-state index contributed by atoms with van der Waals surface area (Å²) in [5.74, 6) is 0.109. The van der Waals surface area contributed by atoms with Crippen molar-refractivity contribution in [2.75, 3.05) is 0 Å². The Kier molecular flexibility index (Phi) is 4.44. The van der Waals surface area contributed by atoms with Gasteiger partial charge in [-0.1, -0.05) is 25.4 Å². The number of carbonyl (C=O) groups excluding carboxylic acids is 1. The Balaban J connectivity index is 2.16. The Hall–Kier alpha value is -2.53. The fourth-order valence-corrected chi connectivity index (χ4v) is 2.76. The zero-order chi connectivity index (χ0) is 17.3. The van der Waals surface area contributed by atoms with E-state index in [0.29, 0.717) is 27.2 Å². The zero-order valence-corrected chi connectivity index (χ0v) is 14.0. The molecule has 0 spiro atoms. The second kappa shape index (κ2) is 6.53. The number of phenols is 1. The minimum Gasteiger partial charge on any atom is -0.505 e. The van der Waals surface area contributed by atoms with Gasteiger partial charge in [0.2, 0.25) is 5.91 Å². The topological polar surface area (TPSA) is 75.4 Å². The Bertz CT molecular complexity index is 875. The first-order chi connectivity index (χ1) is 11.5. The van der Waals surface area contributed by atoms with Crippen molar-refractivity contribution in [2.24, 2.45) is 5.92 Å². The zero-order valence-electron chi connectivity index (χ0n) is 13.3. The lowest BCUT2D eigenvalue weighted by Gasteiger charge is -2.20. The summed E-state index contributed by atoms with van der Waals surface area (Å²) in [4.78, 5) is 16.4. The largest absolute Gasteiger partial charge is 0.505 e. The van der Waals surface area contributed by atoms with Gasteiger partial charge < -0.3 is 14.8 Å². The van der Waals surface area contributed by atoms with E-state index in [2.05, 4.69) is 10.3 Å². The number of benzene rings is 1. The van der Waals surface area contributed by atoms with Crippen molar-refractivity contribution in [3.63, 3.8) is 0 Å². The van der Waals surface area contributed by atoms with Crippen LogP contribution in [0.5, 0.6) is 5.75 Å². The molecule has 5 nitrogen and oxygen atoms in total. The number of rotatable bonds is 4. The number of hydrogen-bond acceptors (Lipinski definition) is 4. The van der Waals surface area contributed by atoms with Crippen LogP contribution >= 0.6 is 11.6 Å². The van der Waals surface area contributed by atoms with E-state index in [9.17, 15) is 9.90 Å². The van der Waals surface area contributed by atoms with E-state index in [-0.39, 0.29) is 17.6 Å². The molecule has 2 heterocycles. The lowest BCUT2D eigenvalue weighted by Crippen LogP contribution is -2.32. The molecule has 1 atom stereocenters. The predicted molar refractivity (Wildman–Crippen MR) is 91.9 cm³/mol. The number of carbonyl (C=O) groups is 1. The summed E-state index contributed by atoms with van der Waals surface area (Å²) in [6.07, 6.45) is 3.10. The maximum atomic E-state index is 12.2. The summed E-state index contributed by atoms with van der Waals surface area (Å²) in [5.41, 5.74) is 0.825. The number of furan rings is 1. The number of pyridine rings is 1. The SMILES string of the molecule is CC(C)C(=O)N[C@@H](c1ccco1)c1cc(Cl)c2cccnc2c1O. The van der Waals surface area contributed by atoms with E-state index >= 15 is 0 Å². The van der Waals surface area contributed by atoms with E-state index in [1.807, 2.05) is 0 Å². The second-order valence-electron chi connectivity index (χ2n) is 5.81. The normalized spacial score (nSPS) is 12.5. The van der Waals surface area contributed by atoms with Crippen LogP contribution in [0.1, 0.15) is 31.2 Å². The quantitative estimate of drug-likeness (QED) is 0.748. The Morgan fingerprint density at radius 1 is 1.33 bits per heavy atom. The lowest BCUT2D eigenvalue weighted by atomic mass is 10.00. The molecule has 3 aromatic rings. The first-order valence-electron chi connectivity index (χ1n) is 7.59. The van der Waals surface area contributed by atoms with Gasteiger partial charge in [-0.25, -0.2) is 0 Å². The maximum absolute atomic E-state index is 12.2. The third-order valence-electron chi connectivity index (χ3n) is 3.79. The van der Waals surface area contributed by atoms with E-state index in [0.717, 1.165) is 0 Å². The van der Waals surface area contributed by atoms with Gasteiger partial charge in [0.05, 0.1) is 11.3 Å². The molecule has 1 aromatic carbocycles. The van der Waals surface area contributed by atoms with Gasteiger partial charge in [-0.15, -0.1) is 0 Å². The van der Waals surface area contributed by atoms with Crippen molar-refractivity contribution < 1.29 is 14.3 Å². The van der Waals surface area contributed by atoms with Crippen LogP contribution in [-0.4, -0.2) is 16.0 Å². The highest BCUT2D eigenvalue weighted by molar-refractivity contribution is 6.35. The summed E-state index contributed by atoms with van der Waals surface area (Å²) in [6, 6.07) is 7.97. The molecule has 0 radical (unpaired) electrons. The third kappa shape index (κ3) is 2.95. The highest BCUT2D eigenvalue weighted by Gasteiger charge is 2.25. The van der Waals surface area contributed by atoms with Crippen molar-refractivity contribution in [2.45, 2.75) is 19.9 Å². The predicted octanol–water partition coefficient (Wildman–Crippen LogP) is 4.05. The number of hydrogen-bond donors (Lipinski definition) is 2. The molecule has 6 heteroatoms. The number of halogens is 1. The lowest BCUT2D eigenvalue weighted by molar-refractivity contribution is -0.124. The molecule has 3 rings (SSSR count). The molecule has 2 N–H and O–H groups in total. The van der Waals surface area contributed by atoms with Gasteiger partial charge in [0, 0.05) is 23.1 Å². The van der Waals surface area contributed by atoms with Crippen LogP contribution in [0.3, 0.4) is 0 Å². The maximum Gasteiger partial charge on any atom is 0.223 e. The van der Waals surface area contributed by atoms with Crippen LogP contribution in [0.4, 0.5) is 0 Å². The van der Waals surface area contributed by atoms with Gasteiger partial charge in [0.25, 0.3) is 0 Å². The van der Waals surface area contributed by atoms with Crippen LogP contribution in [0, 0.1) is 5.92 Å².